The van der Waals surface area contributed by atoms with Crippen molar-refractivity contribution in [3.05, 3.63) is 58.5 Å². The summed E-state index contributed by atoms with van der Waals surface area (Å²) in [7, 11) is -4.02. The molecule has 0 amide bonds. The summed E-state index contributed by atoms with van der Waals surface area (Å²) < 4.78 is 29.6. The van der Waals surface area contributed by atoms with Gasteiger partial charge in [-0.2, -0.15) is 8.42 Å². The first kappa shape index (κ1) is 19.8. The van der Waals surface area contributed by atoms with Crippen molar-refractivity contribution in [1.82, 2.24) is 0 Å². The van der Waals surface area contributed by atoms with Crippen LogP contribution in [0.25, 0.3) is 0 Å². The van der Waals surface area contributed by atoms with Gasteiger partial charge in [-0.25, -0.2) is 0 Å². The first-order valence-electron chi connectivity index (χ1n) is 7.47. The Morgan fingerprint density at radius 3 is 2.21 bits per heavy atom. The molecule has 0 bridgehead atoms. The Balaban J connectivity index is 0.000000243. The van der Waals surface area contributed by atoms with E-state index >= 15 is 0 Å². The van der Waals surface area contributed by atoms with Crippen LogP contribution in [-0.2, 0) is 16.5 Å². The summed E-state index contributed by atoms with van der Waals surface area (Å²) in [6, 6.07) is 10.6. The van der Waals surface area contributed by atoms with Crippen LogP contribution in [0.15, 0.2) is 52.5 Å². The minimum Gasteiger partial charge on any atom is -0.508 e. The minimum atomic E-state index is -4.02. The van der Waals surface area contributed by atoms with Crippen molar-refractivity contribution in [3.8, 4) is 5.75 Å². The molecule has 0 spiro atoms. The zero-order valence-corrected chi connectivity index (χ0v) is 14.5. The number of aromatic hydroxyl groups is 1. The molecule has 0 aromatic heterocycles. The number of nitrogens with zero attached hydrogens (tertiary/aromatic N) is 1. The van der Waals surface area contributed by atoms with Gasteiger partial charge in [0.15, 0.2) is 0 Å². The number of rotatable bonds is 5. The van der Waals surface area contributed by atoms with E-state index in [1.54, 1.807) is 24.3 Å². The highest BCUT2D eigenvalue weighted by atomic mass is 32.2. The first-order chi connectivity index (χ1) is 11.3. The average molecular weight is 351 g/mol. The lowest BCUT2D eigenvalue weighted by Gasteiger charge is -2.02. The summed E-state index contributed by atoms with van der Waals surface area (Å²) in [5, 5.41) is 12.1. The molecule has 0 heterocycles. The topological polar surface area (TPSA) is 104 Å². The third-order valence-electron chi connectivity index (χ3n) is 3.28. The molecule has 0 radical (unpaired) electrons. The highest BCUT2D eigenvalue weighted by Gasteiger charge is 2.06. The van der Waals surface area contributed by atoms with E-state index in [9.17, 15) is 18.4 Å². The summed E-state index contributed by atoms with van der Waals surface area (Å²) in [4.78, 5) is 10.3. The summed E-state index contributed by atoms with van der Waals surface area (Å²) >= 11 is 0. The van der Waals surface area contributed by atoms with Gasteiger partial charge in [0.2, 0.25) is 0 Å². The molecule has 2 rings (SSSR count). The quantitative estimate of drug-likeness (QED) is 0.614. The van der Waals surface area contributed by atoms with Gasteiger partial charge in [-0.15, -0.1) is 4.91 Å². The number of hydrogen-bond donors (Lipinski definition) is 2. The molecule has 0 saturated carbocycles. The van der Waals surface area contributed by atoms with Gasteiger partial charge in [0.1, 0.15) is 11.4 Å². The third-order valence-corrected chi connectivity index (χ3v) is 4.15. The zero-order valence-electron chi connectivity index (χ0n) is 13.6. The van der Waals surface area contributed by atoms with E-state index in [-0.39, 0.29) is 10.6 Å². The van der Waals surface area contributed by atoms with Crippen LogP contribution in [0, 0.1) is 11.8 Å². The van der Waals surface area contributed by atoms with E-state index in [2.05, 4.69) is 12.1 Å². The van der Waals surface area contributed by atoms with Crippen molar-refractivity contribution in [3.63, 3.8) is 0 Å². The van der Waals surface area contributed by atoms with Gasteiger partial charge < -0.3 is 5.11 Å². The molecule has 2 aromatic carbocycles. The molecule has 0 unspecified atom stereocenters. The standard InChI is InChI=1S/C10H13NO2.C7H8O3S/c1-2-3-4-8-7-9(12)5-6-10(8)11-13;1-6-2-4-7(5-3-6)11(8,9)10/h5-7,12H,2-4H2,1H3;2-5H,1H3,(H,8,9,10). The van der Waals surface area contributed by atoms with Gasteiger partial charge in [0, 0.05) is 0 Å². The van der Waals surface area contributed by atoms with E-state index in [4.69, 9.17) is 4.55 Å². The molecule has 24 heavy (non-hydrogen) atoms. The van der Waals surface area contributed by atoms with Crippen LogP contribution in [0.1, 0.15) is 30.9 Å². The Morgan fingerprint density at radius 1 is 1.08 bits per heavy atom. The number of hydrogen-bond acceptors (Lipinski definition) is 5. The molecule has 0 aliphatic rings. The van der Waals surface area contributed by atoms with Gasteiger partial charge in [0.05, 0.1) is 4.90 Å². The van der Waals surface area contributed by atoms with Crippen LogP contribution < -0.4 is 0 Å². The first-order valence-corrected chi connectivity index (χ1v) is 8.91. The largest absolute Gasteiger partial charge is 0.508 e. The fourth-order valence-electron chi connectivity index (χ4n) is 1.94. The minimum absolute atomic E-state index is 0.0666. The molecule has 7 heteroatoms. The maximum Gasteiger partial charge on any atom is 0.294 e. The maximum absolute atomic E-state index is 10.5. The maximum atomic E-state index is 10.5. The number of benzene rings is 2. The molecule has 0 aliphatic carbocycles. The average Bonchev–Trinajstić information content (AvgIpc) is 2.53. The Hall–Kier alpha value is -2.25. The van der Waals surface area contributed by atoms with E-state index in [0.717, 1.165) is 30.4 Å². The Kier molecular flexibility index (Phi) is 7.54. The Morgan fingerprint density at radius 2 is 1.71 bits per heavy atom. The third kappa shape index (κ3) is 6.47. The molecule has 2 aromatic rings. The van der Waals surface area contributed by atoms with Crippen LogP contribution in [0.2, 0.25) is 0 Å². The molecule has 0 atom stereocenters. The predicted octanol–water partition coefficient (Wildman–Crippen LogP) is 4.37. The van der Waals surface area contributed by atoms with Crippen molar-refractivity contribution < 1.29 is 18.1 Å². The van der Waals surface area contributed by atoms with Crippen LogP contribution in [0.5, 0.6) is 5.75 Å². The van der Waals surface area contributed by atoms with Crippen molar-refractivity contribution in [2.45, 2.75) is 38.0 Å². The van der Waals surface area contributed by atoms with Gasteiger partial charge >= 0.3 is 0 Å². The molecular formula is C17H21NO5S. The molecule has 130 valence electrons. The van der Waals surface area contributed by atoms with Gasteiger partial charge in [0.25, 0.3) is 10.1 Å². The lowest BCUT2D eigenvalue weighted by atomic mass is 10.1. The number of phenols is 1. The highest BCUT2D eigenvalue weighted by molar-refractivity contribution is 7.85. The number of unbranched alkanes of at least 4 members (excludes halogenated alkanes) is 1. The summed E-state index contributed by atoms with van der Waals surface area (Å²) in [5.74, 6) is 0.193. The molecule has 2 N–H and O–H groups in total. The Bertz CT molecular complexity index is 770. The van der Waals surface area contributed by atoms with Gasteiger partial charge in [-0.3, -0.25) is 4.55 Å². The highest BCUT2D eigenvalue weighted by Crippen LogP contribution is 2.25. The number of nitroso groups, excluding NO2 is 1. The van der Waals surface area contributed by atoms with Crippen molar-refractivity contribution >= 4 is 15.8 Å². The van der Waals surface area contributed by atoms with Crippen molar-refractivity contribution in [2.75, 3.05) is 0 Å². The van der Waals surface area contributed by atoms with E-state index < -0.39 is 10.1 Å². The summed E-state index contributed by atoms with van der Waals surface area (Å²) in [5.41, 5.74) is 2.22. The Labute approximate surface area is 141 Å². The van der Waals surface area contributed by atoms with Crippen LogP contribution in [0.4, 0.5) is 5.69 Å². The monoisotopic (exact) mass is 351 g/mol. The van der Waals surface area contributed by atoms with Crippen LogP contribution >= 0.6 is 0 Å². The second-order valence-electron chi connectivity index (χ2n) is 5.30. The zero-order chi connectivity index (χ0) is 18.2. The molecular weight excluding hydrogens is 330 g/mol. The van der Waals surface area contributed by atoms with Gasteiger partial charge in [-0.1, -0.05) is 31.0 Å². The molecule has 0 saturated heterocycles. The fourth-order valence-corrected chi connectivity index (χ4v) is 2.42. The predicted molar refractivity (Wildman–Crippen MR) is 93.2 cm³/mol. The molecule has 6 nitrogen and oxygen atoms in total. The van der Waals surface area contributed by atoms with Gasteiger partial charge in [-0.05, 0) is 60.8 Å². The summed E-state index contributed by atoms with van der Waals surface area (Å²) in [6.07, 6.45) is 2.87. The van der Waals surface area contributed by atoms with Crippen LogP contribution in [0.3, 0.4) is 0 Å². The lowest BCUT2D eigenvalue weighted by molar-refractivity contribution is 0.474. The van der Waals surface area contributed by atoms with E-state index in [1.165, 1.54) is 18.2 Å². The second-order valence-corrected chi connectivity index (χ2v) is 6.72. The molecule has 0 aliphatic heterocycles. The summed E-state index contributed by atoms with van der Waals surface area (Å²) in [6.45, 7) is 3.92. The lowest BCUT2D eigenvalue weighted by Crippen LogP contribution is -1.96. The smallest absolute Gasteiger partial charge is 0.294 e. The fraction of sp³-hybridized carbons (Fsp3) is 0.294. The molecule has 0 fully saturated rings. The van der Waals surface area contributed by atoms with E-state index in [1.807, 2.05) is 6.92 Å². The number of aryl methyl sites for hydroxylation is 2. The van der Waals surface area contributed by atoms with Crippen molar-refractivity contribution in [1.29, 1.82) is 0 Å². The second kappa shape index (κ2) is 9.14. The van der Waals surface area contributed by atoms with E-state index in [0.29, 0.717) is 5.69 Å². The van der Waals surface area contributed by atoms with Crippen molar-refractivity contribution in [2.24, 2.45) is 5.18 Å². The van der Waals surface area contributed by atoms with Crippen LogP contribution in [-0.4, -0.2) is 18.1 Å². The number of phenolic OH excluding ortho intramolecular Hbond substituents is 1. The normalized spacial score (nSPS) is 10.6. The SMILES string of the molecule is CCCCc1cc(O)ccc1N=O.Cc1ccc(S(=O)(=O)O)cc1.